The highest BCUT2D eigenvalue weighted by Gasteiger charge is 2.09. The summed E-state index contributed by atoms with van der Waals surface area (Å²) in [5.41, 5.74) is 1.55. The summed E-state index contributed by atoms with van der Waals surface area (Å²) in [5.74, 6) is 0.738. The van der Waals surface area contributed by atoms with Crippen molar-refractivity contribution in [3.63, 3.8) is 0 Å². The number of nitrogens with one attached hydrogen (secondary N) is 1. The molecule has 2 aromatic heterocycles. The second-order valence-corrected chi connectivity index (χ2v) is 5.12. The molecule has 1 amide bonds. The normalized spacial score (nSPS) is 10.6. The Morgan fingerprint density at radius 1 is 1.36 bits per heavy atom. The number of hydrogen-bond acceptors (Lipinski definition) is 5. The third-order valence-corrected chi connectivity index (χ3v) is 3.13. The van der Waals surface area contributed by atoms with E-state index in [-0.39, 0.29) is 12.5 Å². The van der Waals surface area contributed by atoms with Gasteiger partial charge in [-0.15, -0.1) is 5.10 Å². The van der Waals surface area contributed by atoms with Crippen LogP contribution in [-0.2, 0) is 11.3 Å². The van der Waals surface area contributed by atoms with Crippen molar-refractivity contribution in [3.8, 4) is 11.3 Å². The molecule has 0 aliphatic heterocycles. The molecule has 0 radical (unpaired) electrons. The molecule has 2 heterocycles. The summed E-state index contributed by atoms with van der Waals surface area (Å²) in [6, 6.07) is 8.87. The van der Waals surface area contributed by atoms with Crippen LogP contribution in [0.1, 0.15) is 5.76 Å². The van der Waals surface area contributed by atoms with Crippen molar-refractivity contribution in [2.45, 2.75) is 13.5 Å². The third-order valence-electron chi connectivity index (χ3n) is 2.88. The van der Waals surface area contributed by atoms with E-state index in [4.69, 9.17) is 16.1 Å². The van der Waals surface area contributed by atoms with Crippen LogP contribution in [0.3, 0.4) is 0 Å². The molecule has 8 heteroatoms. The number of nitrogens with zero attached hydrogens (tertiary/aromatic N) is 4. The summed E-state index contributed by atoms with van der Waals surface area (Å²) in [6.07, 6.45) is 1.69. The van der Waals surface area contributed by atoms with Crippen LogP contribution in [-0.4, -0.2) is 26.1 Å². The smallest absolute Gasteiger partial charge is 0.247 e. The quantitative estimate of drug-likeness (QED) is 0.799. The minimum atomic E-state index is -0.263. The molecule has 0 aliphatic rings. The lowest BCUT2D eigenvalue weighted by Crippen LogP contribution is -2.19. The minimum absolute atomic E-state index is 0.0342. The van der Waals surface area contributed by atoms with E-state index in [1.807, 2.05) is 12.1 Å². The number of aromatic nitrogens is 4. The topological polar surface area (TPSA) is 85.8 Å². The van der Waals surface area contributed by atoms with Crippen LogP contribution in [0.15, 0.2) is 41.1 Å². The molecular weight excluding hydrogens is 306 g/mol. The van der Waals surface area contributed by atoms with Crippen molar-refractivity contribution in [1.82, 2.24) is 20.2 Å². The zero-order valence-corrected chi connectivity index (χ0v) is 12.4. The number of benzene rings is 1. The molecule has 7 nitrogen and oxygen atoms in total. The van der Waals surface area contributed by atoms with Gasteiger partial charge in [-0.1, -0.05) is 34.1 Å². The molecule has 0 saturated carbocycles. The second-order valence-electron chi connectivity index (χ2n) is 4.68. The number of aryl methyl sites for hydroxylation is 1. The van der Waals surface area contributed by atoms with Gasteiger partial charge in [0.05, 0.1) is 6.20 Å². The second kappa shape index (κ2) is 5.98. The fraction of sp³-hybridized carbons (Fsp3) is 0.143. The first kappa shape index (κ1) is 14.3. The molecule has 3 aromatic rings. The first-order valence-electron chi connectivity index (χ1n) is 6.49. The van der Waals surface area contributed by atoms with Gasteiger partial charge in [0, 0.05) is 16.7 Å². The van der Waals surface area contributed by atoms with Crippen LogP contribution in [0.25, 0.3) is 11.3 Å². The molecule has 0 fully saturated rings. The third kappa shape index (κ3) is 3.32. The van der Waals surface area contributed by atoms with Crippen LogP contribution in [0.5, 0.6) is 0 Å². The Morgan fingerprint density at radius 3 is 2.82 bits per heavy atom. The Morgan fingerprint density at radius 2 is 2.14 bits per heavy atom. The zero-order valence-electron chi connectivity index (χ0n) is 11.7. The van der Waals surface area contributed by atoms with E-state index in [0.717, 1.165) is 5.56 Å². The highest BCUT2D eigenvalue weighted by molar-refractivity contribution is 6.30. The predicted octanol–water partition coefficient (Wildman–Crippen LogP) is 2.53. The maximum Gasteiger partial charge on any atom is 0.247 e. The number of carbonyl (C=O) groups excluding carboxylic acids is 1. The van der Waals surface area contributed by atoms with Gasteiger partial charge < -0.3 is 9.84 Å². The van der Waals surface area contributed by atoms with E-state index < -0.39 is 0 Å². The summed E-state index contributed by atoms with van der Waals surface area (Å²) in [7, 11) is 0. The average molecular weight is 318 g/mol. The summed E-state index contributed by atoms with van der Waals surface area (Å²) in [4.78, 5) is 11.9. The van der Waals surface area contributed by atoms with E-state index in [0.29, 0.717) is 22.3 Å². The van der Waals surface area contributed by atoms with Crippen molar-refractivity contribution >= 4 is 23.3 Å². The van der Waals surface area contributed by atoms with E-state index in [1.54, 1.807) is 31.3 Å². The Balaban J connectivity index is 1.66. The number of halogens is 1. The summed E-state index contributed by atoms with van der Waals surface area (Å²) >= 11 is 5.84. The molecule has 22 heavy (non-hydrogen) atoms. The highest BCUT2D eigenvalue weighted by atomic mass is 35.5. The van der Waals surface area contributed by atoms with Crippen LogP contribution in [0.4, 0.5) is 5.82 Å². The maximum absolute atomic E-state index is 11.9. The fourth-order valence-corrected chi connectivity index (χ4v) is 2.01. The van der Waals surface area contributed by atoms with Crippen LogP contribution in [0.2, 0.25) is 5.02 Å². The molecule has 112 valence electrons. The molecule has 1 aromatic carbocycles. The molecule has 0 saturated heterocycles. The molecule has 0 spiro atoms. The van der Waals surface area contributed by atoms with Crippen molar-refractivity contribution in [2.75, 3.05) is 5.32 Å². The number of hydrogen-bond donors (Lipinski definition) is 1. The lowest BCUT2D eigenvalue weighted by atomic mass is 10.2. The summed E-state index contributed by atoms with van der Waals surface area (Å²) < 4.78 is 6.33. The van der Waals surface area contributed by atoms with Gasteiger partial charge in [-0.05, 0) is 19.1 Å². The van der Waals surface area contributed by atoms with Crippen LogP contribution >= 0.6 is 11.6 Å². The fourth-order valence-electron chi connectivity index (χ4n) is 1.88. The van der Waals surface area contributed by atoms with Gasteiger partial charge in [0.2, 0.25) is 5.91 Å². The van der Waals surface area contributed by atoms with Crippen LogP contribution in [0, 0.1) is 6.92 Å². The number of carbonyl (C=O) groups is 1. The number of rotatable bonds is 4. The monoisotopic (exact) mass is 317 g/mol. The van der Waals surface area contributed by atoms with Crippen molar-refractivity contribution < 1.29 is 9.32 Å². The standard InChI is InChI=1S/C14H12ClN5O2/c1-9-6-13(18-22-9)16-14(21)8-20-7-12(17-19-20)10-2-4-11(15)5-3-10/h2-7H,8H2,1H3,(H,16,18,21). The molecule has 1 N–H and O–H groups in total. The Hall–Kier alpha value is -2.67. The largest absolute Gasteiger partial charge is 0.360 e. The molecule has 0 unspecified atom stereocenters. The summed E-state index contributed by atoms with van der Waals surface area (Å²) in [5, 5.41) is 14.9. The highest BCUT2D eigenvalue weighted by Crippen LogP contribution is 2.18. The van der Waals surface area contributed by atoms with Gasteiger partial charge in [-0.2, -0.15) is 0 Å². The molecule has 0 atom stereocenters. The van der Waals surface area contributed by atoms with E-state index in [2.05, 4.69) is 20.8 Å². The van der Waals surface area contributed by atoms with E-state index in [9.17, 15) is 4.79 Å². The van der Waals surface area contributed by atoms with Crippen molar-refractivity contribution in [3.05, 3.63) is 47.3 Å². The lowest BCUT2D eigenvalue weighted by Gasteiger charge is -2.00. The first-order valence-corrected chi connectivity index (χ1v) is 6.87. The predicted molar refractivity (Wildman–Crippen MR) is 80.3 cm³/mol. The number of amides is 1. The van der Waals surface area contributed by atoms with Gasteiger partial charge in [-0.3, -0.25) is 4.79 Å². The van der Waals surface area contributed by atoms with Gasteiger partial charge in [0.1, 0.15) is 18.0 Å². The molecule has 3 rings (SSSR count). The van der Waals surface area contributed by atoms with Gasteiger partial charge in [0.25, 0.3) is 0 Å². The van der Waals surface area contributed by atoms with Crippen LogP contribution < -0.4 is 5.32 Å². The average Bonchev–Trinajstić information content (AvgIpc) is 3.09. The van der Waals surface area contributed by atoms with E-state index in [1.165, 1.54) is 4.68 Å². The zero-order chi connectivity index (χ0) is 15.5. The SMILES string of the molecule is Cc1cc(NC(=O)Cn2cc(-c3ccc(Cl)cc3)nn2)no1. The van der Waals surface area contributed by atoms with E-state index >= 15 is 0 Å². The maximum atomic E-state index is 11.9. The van der Waals surface area contributed by atoms with Gasteiger partial charge >= 0.3 is 0 Å². The first-order chi connectivity index (χ1) is 10.6. The molecular formula is C14H12ClN5O2. The Kier molecular flexibility index (Phi) is 3.88. The molecule has 0 bridgehead atoms. The van der Waals surface area contributed by atoms with Crippen molar-refractivity contribution in [1.29, 1.82) is 0 Å². The minimum Gasteiger partial charge on any atom is -0.360 e. The van der Waals surface area contributed by atoms with Crippen molar-refractivity contribution in [2.24, 2.45) is 0 Å². The Bertz CT molecular complexity index is 794. The lowest BCUT2D eigenvalue weighted by molar-refractivity contribution is -0.117. The van der Waals surface area contributed by atoms with Gasteiger partial charge in [-0.25, -0.2) is 4.68 Å². The summed E-state index contributed by atoms with van der Waals surface area (Å²) in [6.45, 7) is 1.78. The number of anilines is 1. The molecule has 0 aliphatic carbocycles. The Labute approximate surface area is 130 Å². The van der Waals surface area contributed by atoms with Gasteiger partial charge in [0.15, 0.2) is 5.82 Å².